The van der Waals surface area contributed by atoms with Crippen LogP contribution >= 0.6 is 0 Å². The molecule has 1 saturated carbocycles. The Kier molecular flexibility index (Phi) is 4.34. The summed E-state index contributed by atoms with van der Waals surface area (Å²) in [7, 11) is 1.70. The van der Waals surface area contributed by atoms with Crippen molar-refractivity contribution in [2.45, 2.75) is 37.1 Å². The number of methoxy groups -OCH3 is 1. The Hall–Kier alpha value is -3.18. The lowest BCUT2D eigenvalue weighted by Gasteiger charge is -2.27. The van der Waals surface area contributed by atoms with Crippen molar-refractivity contribution in [2.75, 3.05) is 20.2 Å². The molecule has 0 spiro atoms. The number of ether oxygens (including phenoxy) is 1. The number of hydrogen-bond donors (Lipinski definition) is 1. The first-order valence-corrected chi connectivity index (χ1v) is 12.1. The molecule has 4 heterocycles. The molecule has 3 atom stereocenters. The summed E-state index contributed by atoms with van der Waals surface area (Å²) in [6.45, 7) is 2.06. The Morgan fingerprint density at radius 2 is 1.85 bits per heavy atom. The predicted molar refractivity (Wildman–Crippen MR) is 130 cm³/mol. The number of pyridine rings is 1. The van der Waals surface area contributed by atoms with E-state index >= 15 is 0 Å². The molecule has 5 nitrogen and oxygen atoms in total. The van der Waals surface area contributed by atoms with Gasteiger partial charge in [0.2, 0.25) is 5.88 Å². The van der Waals surface area contributed by atoms with Crippen LogP contribution in [0, 0.1) is 5.92 Å². The molecule has 3 aliphatic rings. The van der Waals surface area contributed by atoms with Crippen LogP contribution in [0.3, 0.4) is 0 Å². The van der Waals surface area contributed by atoms with E-state index in [9.17, 15) is 0 Å². The van der Waals surface area contributed by atoms with Crippen molar-refractivity contribution in [3.63, 3.8) is 0 Å². The minimum absolute atomic E-state index is 0.321. The highest BCUT2D eigenvalue weighted by molar-refractivity contribution is 5.84. The Labute approximate surface area is 193 Å². The monoisotopic (exact) mass is 436 g/mol. The summed E-state index contributed by atoms with van der Waals surface area (Å²) in [5.41, 5.74) is 7.34. The van der Waals surface area contributed by atoms with Crippen molar-refractivity contribution < 1.29 is 4.74 Å². The van der Waals surface area contributed by atoms with Crippen LogP contribution in [0.25, 0.3) is 22.2 Å². The van der Waals surface area contributed by atoms with Gasteiger partial charge in [0.05, 0.1) is 29.9 Å². The fourth-order valence-electron chi connectivity index (χ4n) is 6.19. The highest BCUT2D eigenvalue weighted by atomic mass is 16.5. The molecular weight excluding hydrogens is 408 g/mol. The molecule has 2 fully saturated rings. The quantitative estimate of drug-likeness (QED) is 0.473. The van der Waals surface area contributed by atoms with E-state index in [4.69, 9.17) is 14.7 Å². The molecule has 2 aromatic carbocycles. The van der Waals surface area contributed by atoms with E-state index in [1.807, 2.05) is 6.07 Å². The molecule has 0 bridgehead atoms. The van der Waals surface area contributed by atoms with Crippen LogP contribution < -0.4 is 10.1 Å². The van der Waals surface area contributed by atoms with Crippen LogP contribution in [0.1, 0.15) is 54.2 Å². The zero-order valence-electron chi connectivity index (χ0n) is 18.9. The van der Waals surface area contributed by atoms with Crippen molar-refractivity contribution in [1.82, 2.24) is 19.9 Å². The first kappa shape index (κ1) is 19.3. The molecule has 0 unspecified atom stereocenters. The average Bonchev–Trinajstić information content (AvgIpc) is 3.50. The molecule has 0 amide bonds. The van der Waals surface area contributed by atoms with Crippen molar-refractivity contribution in [1.29, 1.82) is 0 Å². The van der Waals surface area contributed by atoms with Crippen LogP contribution in [0.4, 0.5) is 0 Å². The van der Waals surface area contributed by atoms with Crippen molar-refractivity contribution in [2.24, 2.45) is 5.92 Å². The van der Waals surface area contributed by atoms with Crippen LogP contribution in [-0.4, -0.2) is 34.7 Å². The highest BCUT2D eigenvalue weighted by Crippen LogP contribution is 2.49. The van der Waals surface area contributed by atoms with Gasteiger partial charge in [-0.1, -0.05) is 42.8 Å². The van der Waals surface area contributed by atoms with E-state index in [1.54, 1.807) is 7.11 Å². The van der Waals surface area contributed by atoms with Gasteiger partial charge >= 0.3 is 0 Å². The number of fused-ring (bicyclic) bond motifs is 5. The number of benzene rings is 2. The van der Waals surface area contributed by atoms with Gasteiger partial charge in [0.1, 0.15) is 5.82 Å². The van der Waals surface area contributed by atoms with Gasteiger partial charge in [0, 0.05) is 42.5 Å². The average molecular weight is 437 g/mol. The van der Waals surface area contributed by atoms with E-state index in [1.165, 1.54) is 53.0 Å². The van der Waals surface area contributed by atoms with Gasteiger partial charge < -0.3 is 14.6 Å². The van der Waals surface area contributed by atoms with E-state index < -0.39 is 0 Å². The molecular formula is C28H28N4O. The lowest BCUT2D eigenvalue weighted by Crippen LogP contribution is -2.19. The van der Waals surface area contributed by atoms with Gasteiger partial charge in [-0.05, 0) is 42.2 Å². The summed E-state index contributed by atoms with van der Waals surface area (Å²) in [6.07, 6.45) is 3.71. The number of nitrogens with zero attached hydrogens (tertiary/aromatic N) is 3. The standard InChI is InChI=1S/C28H28N4O/c1-33-25-13-11-20(26(31-25)17-8-5-9-17)19-10-12-23-24(14-19)32-27(18-6-3-2-4-7-18)21-15-29-16-22(21)28(32)30-23/h2-4,6-7,10-14,17,21-22,27,29H,5,8-9,15-16H2,1H3/t21-,22+,27-/m0/s1. The predicted octanol–water partition coefficient (Wildman–Crippen LogP) is 5.28. The highest BCUT2D eigenvalue weighted by Gasteiger charge is 2.46. The largest absolute Gasteiger partial charge is 0.481 e. The van der Waals surface area contributed by atoms with Crippen LogP contribution in [-0.2, 0) is 0 Å². The second-order valence-corrected chi connectivity index (χ2v) is 9.74. The molecule has 2 aliphatic heterocycles. The van der Waals surface area contributed by atoms with E-state index in [0.717, 1.165) is 18.6 Å². The maximum absolute atomic E-state index is 5.46. The summed E-state index contributed by atoms with van der Waals surface area (Å²) in [5.74, 6) is 3.49. The SMILES string of the molecule is COc1ccc(-c2ccc3nc4n(c3c2)[C@@H](c2ccccc2)[C@H]2CNC[C@@H]42)c(C2CCC2)n1. The summed E-state index contributed by atoms with van der Waals surface area (Å²) in [5, 5.41) is 3.62. The van der Waals surface area contributed by atoms with E-state index in [-0.39, 0.29) is 0 Å². The summed E-state index contributed by atoms with van der Waals surface area (Å²) in [4.78, 5) is 10.0. The van der Waals surface area contributed by atoms with Crippen LogP contribution in [0.5, 0.6) is 5.88 Å². The molecule has 33 heavy (non-hydrogen) atoms. The number of imidazole rings is 1. The number of hydrogen-bond acceptors (Lipinski definition) is 4. The zero-order chi connectivity index (χ0) is 21.9. The van der Waals surface area contributed by atoms with Gasteiger partial charge in [-0.25, -0.2) is 9.97 Å². The third kappa shape index (κ3) is 2.88. The minimum Gasteiger partial charge on any atom is -0.481 e. The van der Waals surface area contributed by atoms with E-state index in [2.05, 4.69) is 64.5 Å². The fourth-order valence-corrected chi connectivity index (χ4v) is 6.19. The van der Waals surface area contributed by atoms with Crippen LogP contribution in [0.15, 0.2) is 60.7 Å². The Morgan fingerprint density at radius 3 is 2.64 bits per heavy atom. The minimum atomic E-state index is 0.321. The summed E-state index contributed by atoms with van der Waals surface area (Å²) < 4.78 is 7.99. The van der Waals surface area contributed by atoms with Crippen molar-refractivity contribution in [3.05, 3.63) is 77.7 Å². The van der Waals surface area contributed by atoms with Gasteiger partial charge in [-0.3, -0.25) is 0 Å². The second-order valence-electron chi connectivity index (χ2n) is 9.74. The van der Waals surface area contributed by atoms with Crippen molar-refractivity contribution >= 4 is 11.0 Å². The lowest BCUT2D eigenvalue weighted by atomic mass is 9.80. The molecule has 1 saturated heterocycles. The van der Waals surface area contributed by atoms with Gasteiger partial charge in [-0.15, -0.1) is 0 Å². The summed E-state index contributed by atoms with van der Waals surface area (Å²) >= 11 is 0. The molecule has 0 radical (unpaired) electrons. The maximum atomic E-state index is 5.46. The third-order valence-electron chi connectivity index (χ3n) is 8.05. The molecule has 5 heteroatoms. The van der Waals surface area contributed by atoms with Gasteiger partial charge in [0.15, 0.2) is 0 Å². The van der Waals surface area contributed by atoms with E-state index in [0.29, 0.717) is 29.7 Å². The van der Waals surface area contributed by atoms with Gasteiger partial charge in [-0.2, -0.15) is 0 Å². The normalized spacial score (nSPS) is 24.0. The topological polar surface area (TPSA) is 52.0 Å². The third-order valence-corrected chi connectivity index (χ3v) is 8.05. The molecule has 1 N–H and O–H groups in total. The fraction of sp³-hybridized carbons (Fsp3) is 0.357. The van der Waals surface area contributed by atoms with Crippen LogP contribution in [0.2, 0.25) is 0 Å². The molecule has 4 aromatic rings. The van der Waals surface area contributed by atoms with Crippen molar-refractivity contribution in [3.8, 4) is 17.0 Å². The molecule has 166 valence electrons. The number of aromatic nitrogens is 3. The first-order valence-electron chi connectivity index (χ1n) is 12.1. The smallest absolute Gasteiger partial charge is 0.213 e. The second kappa shape index (κ2) is 7.42. The molecule has 1 aliphatic carbocycles. The lowest BCUT2D eigenvalue weighted by molar-refractivity contribution is 0.379. The number of nitrogens with one attached hydrogen (secondary N) is 1. The maximum Gasteiger partial charge on any atom is 0.213 e. The Morgan fingerprint density at radius 1 is 0.970 bits per heavy atom. The zero-order valence-corrected chi connectivity index (χ0v) is 18.9. The van der Waals surface area contributed by atoms with Gasteiger partial charge in [0.25, 0.3) is 0 Å². The first-order chi connectivity index (χ1) is 16.3. The summed E-state index contributed by atoms with van der Waals surface area (Å²) in [6, 6.07) is 22.2. The Balaban J connectivity index is 1.40. The molecule has 2 aromatic heterocycles. The molecule has 7 rings (SSSR count). The Bertz CT molecular complexity index is 1340. The number of rotatable bonds is 4.